The molecule has 0 saturated heterocycles. The van der Waals surface area contributed by atoms with E-state index in [2.05, 4.69) is 12.2 Å². The van der Waals surface area contributed by atoms with Gasteiger partial charge in [0, 0.05) is 22.8 Å². The lowest BCUT2D eigenvalue weighted by Crippen LogP contribution is -2.32. The van der Waals surface area contributed by atoms with Crippen LogP contribution in [0.4, 0.5) is 0 Å². The zero-order valence-corrected chi connectivity index (χ0v) is 9.37. The standard InChI is InChI=1S/C9H11NO2S.ClH/c1-5-2-6-7(9(11)12)4-13-8(6)3-10-5;/h4-5,10H,2-3H2,1H3,(H,11,12);1H/t5-;/m1./s1. The van der Waals surface area contributed by atoms with Crippen molar-refractivity contribution in [3.63, 3.8) is 0 Å². The van der Waals surface area contributed by atoms with Gasteiger partial charge in [-0.2, -0.15) is 0 Å². The minimum Gasteiger partial charge on any atom is -0.478 e. The van der Waals surface area contributed by atoms with Gasteiger partial charge in [-0.3, -0.25) is 0 Å². The number of carboxylic acid groups (broad SMARTS) is 1. The Balaban J connectivity index is 0.000000980. The molecule has 0 bridgehead atoms. The van der Waals surface area contributed by atoms with Gasteiger partial charge in [-0.1, -0.05) is 0 Å². The molecule has 1 aliphatic heterocycles. The number of rotatable bonds is 1. The number of hydrogen-bond acceptors (Lipinski definition) is 3. The fourth-order valence-corrected chi connectivity index (χ4v) is 2.62. The van der Waals surface area contributed by atoms with E-state index in [1.807, 2.05) is 0 Å². The van der Waals surface area contributed by atoms with Gasteiger partial charge in [0.25, 0.3) is 0 Å². The molecule has 1 aliphatic rings. The molecule has 1 atom stereocenters. The highest BCUT2D eigenvalue weighted by molar-refractivity contribution is 7.10. The molecule has 0 amide bonds. The van der Waals surface area contributed by atoms with E-state index in [1.54, 1.807) is 5.38 Å². The van der Waals surface area contributed by atoms with Crippen LogP contribution < -0.4 is 5.32 Å². The van der Waals surface area contributed by atoms with E-state index < -0.39 is 5.97 Å². The van der Waals surface area contributed by atoms with Gasteiger partial charge in [-0.25, -0.2) is 4.79 Å². The fraction of sp³-hybridized carbons (Fsp3) is 0.444. The van der Waals surface area contributed by atoms with Crippen molar-refractivity contribution < 1.29 is 9.90 Å². The summed E-state index contributed by atoms with van der Waals surface area (Å²) in [5, 5.41) is 14.0. The molecule has 0 saturated carbocycles. The predicted octanol–water partition coefficient (Wildman–Crippen LogP) is 1.90. The Morgan fingerprint density at radius 1 is 1.71 bits per heavy atom. The molecular formula is C9H12ClNO2S. The number of carbonyl (C=O) groups is 1. The highest BCUT2D eigenvalue weighted by atomic mass is 35.5. The molecule has 1 aromatic heterocycles. The van der Waals surface area contributed by atoms with Crippen LogP contribution in [0.3, 0.4) is 0 Å². The Bertz CT molecular complexity index is 351. The first kappa shape index (κ1) is 11.5. The molecule has 0 fully saturated rings. The molecule has 2 heterocycles. The summed E-state index contributed by atoms with van der Waals surface area (Å²) in [4.78, 5) is 12.0. The zero-order chi connectivity index (χ0) is 9.42. The summed E-state index contributed by atoms with van der Waals surface area (Å²) >= 11 is 1.54. The van der Waals surface area contributed by atoms with Gasteiger partial charge >= 0.3 is 5.97 Å². The second-order valence-electron chi connectivity index (χ2n) is 3.34. The van der Waals surface area contributed by atoms with Crippen molar-refractivity contribution in [2.75, 3.05) is 0 Å². The Morgan fingerprint density at radius 3 is 3.07 bits per heavy atom. The van der Waals surface area contributed by atoms with Gasteiger partial charge < -0.3 is 10.4 Å². The first-order valence-electron chi connectivity index (χ1n) is 4.24. The van der Waals surface area contributed by atoms with E-state index in [0.29, 0.717) is 11.6 Å². The zero-order valence-electron chi connectivity index (χ0n) is 7.74. The molecule has 3 nitrogen and oxygen atoms in total. The van der Waals surface area contributed by atoms with E-state index in [4.69, 9.17) is 5.11 Å². The Labute approximate surface area is 92.5 Å². The van der Waals surface area contributed by atoms with Gasteiger partial charge in [0.2, 0.25) is 0 Å². The van der Waals surface area contributed by atoms with Gasteiger partial charge in [-0.15, -0.1) is 23.7 Å². The molecule has 0 unspecified atom stereocenters. The topological polar surface area (TPSA) is 49.3 Å². The summed E-state index contributed by atoms with van der Waals surface area (Å²) in [6.07, 6.45) is 0.834. The highest BCUT2D eigenvalue weighted by Crippen LogP contribution is 2.27. The molecule has 14 heavy (non-hydrogen) atoms. The number of fused-ring (bicyclic) bond motifs is 1. The second kappa shape index (κ2) is 4.29. The molecule has 2 rings (SSSR count). The molecule has 0 aliphatic carbocycles. The maximum Gasteiger partial charge on any atom is 0.336 e. The maximum atomic E-state index is 10.8. The number of hydrogen-bond donors (Lipinski definition) is 2. The molecule has 2 N–H and O–H groups in total. The fourth-order valence-electron chi connectivity index (χ4n) is 1.62. The van der Waals surface area contributed by atoms with Crippen molar-refractivity contribution in [1.82, 2.24) is 5.32 Å². The molecule has 0 spiro atoms. The van der Waals surface area contributed by atoms with Crippen LogP contribution in [0.2, 0.25) is 0 Å². The minimum atomic E-state index is -0.799. The first-order valence-corrected chi connectivity index (χ1v) is 5.12. The normalized spacial score (nSPS) is 19.6. The van der Waals surface area contributed by atoms with Crippen molar-refractivity contribution in [2.24, 2.45) is 0 Å². The van der Waals surface area contributed by atoms with Crippen LogP contribution in [-0.2, 0) is 13.0 Å². The summed E-state index contributed by atoms with van der Waals surface area (Å²) in [6.45, 7) is 2.89. The molecule has 5 heteroatoms. The van der Waals surface area contributed by atoms with Crippen LogP contribution in [0.15, 0.2) is 5.38 Å². The third-order valence-corrected chi connectivity index (χ3v) is 3.36. The van der Waals surface area contributed by atoms with Crippen LogP contribution in [0.25, 0.3) is 0 Å². The van der Waals surface area contributed by atoms with E-state index in [9.17, 15) is 4.79 Å². The average molecular weight is 234 g/mol. The first-order chi connectivity index (χ1) is 6.18. The largest absolute Gasteiger partial charge is 0.478 e. The van der Waals surface area contributed by atoms with Crippen molar-refractivity contribution in [3.8, 4) is 0 Å². The number of thiophene rings is 1. The number of nitrogens with one attached hydrogen (secondary N) is 1. The Morgan fingerprint density at radius 2 is 2.43 bits per heavy atom. The predicted molar refractivity (Wildman–Crippen MR) is 58.5 cm³/mol. The summed E-state index contributed by atoms with van der Waals surface area (Å²) in [7, 11) is 0. The minimum absolute atomic E-state index is 0. The second-order valence-corrected chi connectivity index (χ2v) is 4.31. The Kier molecular flexibility index (Phi) is 3.53. The third-order valence-electron chi connectivity index (χ3n) is 2.33. The smallest absolute Gasteiger partial charge is 0.336 e. The molecule has 1 aromatic rings. The van der Waals surface area contributed by atoms with Crippen molar-refractivity contribution in [3.05, 3.63) is 21.4 Å². The quantitative estimate of drug-likeness (QED) is 0.779. The van der Waals surface area contributed by atoms with E-state index in [0.717, 1.165) is 18.5 Å². The van der Waals surface area contributed by atoms with Gasteiger partial charge in [0.05, 0.1) is 5.56 Å². The van der Waals surface area contributed by atoms with Crippen molar-refractivity contribution in [2.45, 2.75) is 25.9 Å². The van der Waals surface area contributed by atoms with Crippen LogP contribution in [0.5, 0.6) is 0 Å². The van der Waals surface area contributed by atoms with E-state index in [1.165, 1.54) is 16.2 Å². The molecular weight excluding hydrogens is 222 g/mol. The van der Waals surface area contributed by atoms with E-state index >= 15 is 0 Å². The molecule has 0 radical (unpaired) electrons. The lowest BCUT2D eigenvalue weighted by atomic mass is 10.00. The van der Waals surface area contributed by atoms with Crippen LogP contribution in [0.1, 0.15) is 27.7 Å². The van der Waals surface area contributed by atoms with Crippen molar-refractivity contribution >= 4 is 29.7 Å². The van der Waals surface area contributed by atoms with E-state index in [-0.39, 0.29) is 12.4 Å². The summed E-state index contributed by atoms with van der Waals surface area (Å²) in [5.41, 5.74) is 1.53. The third kappa shape index (κ3) is 1.92. The van der Waals surface area contributed by atoms with Crippen molar-refractivity contribution in [1.29, 1.82) is 0 Å². The summed E-state index contributed by atoms with van der Waals surface area (Å²) in [6, 6.07) is 0.389. The average Bonchev–Trinajstić information content (AvgIpc) is 2.46. The summed E-state index contributed by atoms with van der Waals surface area (Å²) < 4.78 is 0. The van der Waals surface area contributed by atoms with Crippen LogP contribution in [-0.4, -0.2) is 17.1 Å². The highest BCUT2D eigenvalue weighted by Gasteiger charge is 2.22. The SMILES string of the molecule is C[C@@H]1Cc2c(C(=O)O)csc2CN1.Cl. The molecule has 78 valence electrons. The monoisotopic (exact) mass is 233 g/mol. The number of carboxylic acids is 1. The van der Waals surface area contributed by atoms with Gasteiger partial charge in [-0.05, 0) is 18.9 Å². The van der Waals surface area contributed by atoms with Crippen LogP contribution in [0, 0.1) is 0 Å². The summed E-state index contributed by atoms with van der Waals surface area (Å²) in [5.74, 6) is -0.799. The maximum absolute atomic E-state index is 10.8. The number of aromatic carboxylic acids is 1. The lowest BCUT2D eigenvalue weighted by Gasteiger charge is -2.20. The lowest BCUT2D eigenvalue weighted by molar-refractivity contribution is 0.0696. The van der Waals surface area contributed by atoms with Gasteiger partial charge in [0.1, 0.15) is 0 Å². The van der Waals surface area contributed by atoms with Gasteiger partial charge in [0.15, 0.2) is 0 Å². The van der Waals surface area contributed by atoms with Crippen LogP contribution >= 0.6 is 23.7 Å². The molecule has 0 aromatic carbocycles. The Hall–Kier alpha value is -0.580. The number of halogens is 1.